The second-order valence-electron chi connectivity index (χ2n) is 5.13. The van der Waals surface area contributed by atoms with Crippen molar-refractivity contribution in [2.45, 2.75) is 25.0 Å². The molecule has 0 unspecified atom stereocenters. The third-order valence-corrected chi connectivity index (χ3v) is 3.70. The number of amides is 1. The molecule has 6 nitrogen and oxygen atoms in total. The number of piperidine rings is 1. The summed E-state index contributed by atoms with van der Waals surface area (Å²) in [6.07, 6.45) is -0.981. The summed E-state index contributed by atoms with van der Waals surface area (Å²) in [6.45, 7) is 0.637. The van der Waals surface area contributed by atoms with Gasteiger partial charge in [-0.25, -0.2) is 0 Å². The number of β-amino-alcohol motifs (C(OH)–C–C–N with tert-alkyl or cyclic N) is 1. The number of likely N-dealkylation sites (tertiary alicyclic amines) is 1. The molecule has 0 spiro atoms. The summed E-state index contributed by atoms with van der Waals surface area (Å²) >= 11 is 0. The molecule has 116 valence electrons. The monoisotopic (exact) mass is 295 g/mol. The van der Waals surface area contributed by atoms with Gasteiger partial charge in [-0.2, -0.15) is 0 Å². The number of hydrogen-bond donors (Lipinski definition) is 2. The number of carbonyl (C=O) groups is 1. The third-order valence-electron chi connectivity index (χ3n) is 3.70. The maximum Gasteiger partial charge on any atom is 0.227 e. The molecule has 2 atom stereocenters. The third kappa shape index (κ3) is 3.65. The smallest absolute Gasteiger partial charge is 0.227 e. The minimum Gasteiger partial charge on any atom is -0.493 e. The van der Waals surface area contributed by atoms with E-state index >= 15 is 0 Å². The van der Waals surface area contributed by atoms with Crippen LogP contribution in [0.2, 0.25) is 0 Å². The van der Waals surface area contributed by atoms with Gasteiger partial charge in [-0.15, -0.1) is 0 Å². The number of methoxy groups -OCH3 is 2. The molecule has 1 aliphatic heterocycles. The maximum atomic E-state index is 12.2. The Hall–Kier alpha value is -1.79. The molecule has 1 amide bonds. The highest BCUT2D eigenvalue weighted by Gasteiger charge is 2.28. The fourth-order valence-electron chi connectivity index (χ4n) is 2.42. The molecule has 2 rings (SSSR count). The SMILES string of the molecule is COc1ccc(CC(=O)N2CC[C@H](O)[C@@H](O)C2)cc1OC. The molecule has 21 heavy (non-hydrogen) atoms. The van der Waals surface area contributed by atoms with E-state index in [1.807, 2.05) is 6.07 Å². The first kappa shape index (κ1) is 15.6. The molecule has 0 aromatic heterocycles. The van der Waals surface area contributed by atoms with Gasteiger partial charge < -0.3 is 24.6 Å². The Morgan fingerprint density at radius 2 is 1.95 bits per heavy atom. The number of benzene rings is 1. The first-order valence-corrected chi connectivity index (χ1v) is 6.90. The van der Waals surface area contributed by atoms with E-state index in [0.717, 1.165) is 5.56 Å². The lowest BCUT2D eigenvalue weighted by Crippen LogP contribution is -2.49. The van der Waals surface area contributed by atoms with Crippen molar-refractivity contribution < 1.29 is 24.5 Å². The summed E-state index contributed by atoms with van der Waals surface area (Å²) in [6, 6.07) is 5.34. The van der Waals surface area contributed by atoms with E-state index in [9.17, 15) is 15.0 Å². The Morgan fingerprint density at radius 3 is 2.57 bits per heavy atom. The molecule has 1 aromatic rings. The summed E-state index contributed by atoms with van der Waals surface area (Å²) in [5, 5.41) is 19.1. The zero-order valence-electron chi connectivity index (χ0n) is 12.3. The molecule has 0 saturated carbocycles. The van der Waals surface area contributed by atoms with Crippen molar-refractivity contribution in [3.8, 4) is 11.5 Å². The number of aliphatic hydroxyl groups excluding tert-OH is 2. The van der Waals surface area contributed by atoms with E-state index in [0.29, 0.717) is 24.5 Å². The molecular weight excluding hydrogens is 274 g/mol. The van der Waals surface area contributed by atoms with Crippen LogP contribution in [-0.2, 0) is 11.2 Å². The van der Waals surface area contributed by atoms with Crippen LogP contribution >= 0.6 is 0 Å². The van der Waals surface area contributed by atoms with Crippen LogP contribution in [0.4, 0.5) is 0 Å². The molecule has 1 heterocycles. The molecule has 1 aliphatic rings. The van der Waals surface area contributed by atoms with Gasteiger partial charge in [-0.05, 0) is 24.1 Å². The average molecular weight is 295 g/mol. The molecule has 0 bridgehead atoms. The highest BCUT2D eigenvalue weighted by molar-refractivity contribution is 5.79. The van der Waals surface area contributed by atoms with E-state index < -0.39 is 12.2 Å². The van der Waals surface area contributed by atoms with Gasteiger partial charge in [-0.1, -0.05) is 6.07 Å². The van der Waals surface area contributed by atoms with Crippen LogP contribution in [-0.4, -0.2) is 60.5 Å². The van der Waals surface area contributed by atoms with Crippen molar-refractivity contribution in [2.75, 3.05) is 27.3 Å². The second kappa shape index (κ2) is 6.78. The van der Waals surface area contributed by atoms with Gasteiger partial charge >= 0.3 is 0 Å². The van der Waals surface area contributed by atoms with Gasteiger partial charge in [0.05, 0.1) is 32.8 Å². The van der Waals surface area contributed by atoms with E-state index in [-0.39, 0.29) is 18.9 Å². The van der Waals surface area contributed by atoms with Crippen LogP contribution in [0.25, 0.3) is 0 Å². The van der Waals surface area contributed by atoms with Crippen LogP contribution in [0.5, 0.6) is 11.5 Å². The Labute approximate surface area is 123 Å². The average Bonchev–Trinajstić information content (AvgIpc) is 2.49. The Kier molecular flexibility index (Phi) is 5.03. The van der Waals surface area contributed by atoms with Gasteiger partial charge in [0.1, 0.15) is 0 Å². The zero-order valence-corrected chi connectivity index (χ0v) is 12.3. The number of hydrogen-bond acceptors (Lipinski definition) is 5. The molecule has 2 N–H and O–H groups in total. The normalized spacial score (nSPS) is 22.0. The lowest BCUT2D eigenvalue weighted by Gasteiger charge is -2.33. The van der Waals surface area contributed by atoms with Crippen molar-refractivity contribution in [3.05, 3.63) is 23.8 Å². The predicted molar refractivity (Wildman–Crippen MR) is 76.5 cm³/mol. The molecule has 1 aromatic carbocycles. The van der Waals surface area contributed by atoms with Crippen molar-refractivity contribution in [1.82, 2.24) is 4.90 Å². The topological polar surface area (TPSA) is 79.2 Å². The number of aliphatic hydroxyl groups is 2. The standard InChI is InChI=1S/C15H21NO5/c1-20-13-4-3-10(7-14(13)21-2)8-15(19)16-6-5-11(17)12(18)9-16/h3-4,7,11-12,17-18H,5-6,8-9H2,1-2H3/t11-,12-/m0/s1. The Morgan fingerprint density at radius 1 is 1.24 bits per heavy atom. The van der Waals surface area contributed by atoms with Crippen molar-refractivity contribution in [2.24, 2.45) is 0 Å². The van der Waals surface area contributed by atoms with Crippen LogP contribution in [0.1, 0.15) is 12.0 Å². The molecule has 1 fully saturated rings. The summed E-state index contributed by atoms with van der Waals surface area (Å²) in [7, 11) is 3.11. The van der Waals surface area contributed by atoms with E-state index in [2.05, 4.69) is 0 Å². The van der Waals surface area contributed by atoms with Crippen LogP contribution in [0, 0.1) is 0 Å². The van der Waals surface area contributed by atoms with Gasteiger partial charge in [0.2, 0.25) is 5.91 Å². The zero-order chi connectivity index (χ0) is 15.4. The molecule has 0 radical (unpaired) electrons. The Balaban J connectivity index is 2.02. The lowest BCUT2D eigenvalue weighted by atomic mass is 10.0. The van der Waals surface area contributed by atoms with E-state index in [1.54, 1.807) is 31.3 Å². The van der Waals surface area contributed by atoms with E-state index in [1.165, 1.54) is 0 Å². The lowest BCUT2D eigenvalue weighted by molar-refractivity contribution is -0.136. The fourth-order valence-corrected chi connectivity index (χ4v) is 2.42. The predicted octanol–water partition coefficient (Wildman–Crippen LogP) is 0.200. The minimum atomic E-state index is -0.867. The second-order valence-corrected chi connectivity index (χ2v) is 5.13. The molecular formula is C15H21NO5. The van der Waals surface area contributed by atoms with E-state index in [4.69, 9.17) is 9.47 Å². The summed E-state index contributed by atoms with van der Waals surface area (Å²) in [5.74, 6) is 1.12. The quantitative estimate of drug-likeness (QED) is 0.829. The summed E-state index contributed by atoms with van der Waals surface area (Å²) < 4.78 is 10.4. The van der Waals surface area contributed by atoms with Gasteiger partial charge in [-0.3, -0.25) is 4.79 Å². The number of ether oxygens (including phenoxy) is 2. The van der Waals surface area contributed by atoms with Crippen LogP contribution < -0.4 is 9.47 Å². The minimum absolute atomic E-state index is 0.0758. The van der Waals surface area contributed by atoms with Crippen molar-refractivity contribution in [3.63, 3.8) is 0 Å². The van der Waals surface area contributed by atoms with Crippen molar-refractivity contribution in [1.29, 1.82) is 0 Å². The van der Waals surface area contributed by atoms with Crippen LogP contribution in [0.15, 0.2) is 18.2 Å². The summed E-state index contributed by atoms with van der Waals surface area (Å²) in [5.41, 5.74) is 0.818. The molecule has 1 saturated heterocycles. The first-order valence-electron chi connectivity index (χ1n) is 6.90. The highest BCUT2D eigenvalue weighted by atomic mass is 16.5. The summed E-state index contributed by atoms with van der Waals surface area (Å²) in [4.78, 5) is 13.8. The number of carbonyl (C=O) groups excluding carboxylic acids is 1. The number of rotatable bonds is 4. The molecule has 0 aliphatic carbocycles. The number of nitrogens with zero attached hydrogens (tertiary/aromatic N) is 1. The highest BCUT2D eigenvalue weighted by Crippen LogP contribution is 2.28. The Bertz CT molecular complexity index is 505. The van der Waals surface area contributed by atoms with Gasteiger partial charge in [0.25, 0.3) is 0 Å². The molecule has 6 heteroatoms. The maximum absolute atomic E-state index is 12.2. The van der Waals surface area contributed by atoms with Gasteiger partial charge in [0.15, 0.2) is 11.5 Å². The van der Waals surface area contributed by atoms with Crippen LogP contribution in [0.3, 0.4) is 0 Å². The first-order chi connectivity index (χ1) is 10.0. The van der Waals surface area contributed by atoms with Crippen molar-refractivity contribution >= 4 is 5.91 Å². The van der Waals surface area contributed by atoms with Gasteiger partial charge in [0, 0.05) is 13.1 Å². The largest absolute Gasteiger partial charge is 0.493 e. The fraction of sp³-hybridized carbons (Fsp3) is 0.533.